The maximum Gasteiger partial charge on any atom is 0.262 e. The van der Waals surface area contributed by atoms with Gasteiger partial charge in [0.05, 0.1) is 40.7 Å². The van der Waals surface area contributed by atoms with E-state index in [0.717, 1.165) is 5.56 Å². The summed E-state index contributed by atoms with van der Waals surface area (Å²) in [5, 5.41) is 3.86. The van der Waals surface area contributed by atoms with E-state index in [1.54, 1.807) is 34.9 Å². The Hall–Kier alpha value is -2.91. The number of benzene rings is 2. The van der Waals surface area contributed by atoms with Crippen molar-refractivity contribution >= 4 is 32.4 Å². The number of hydrogen-bond donors (Lipinski definition) is 1. The number of ether oxygens (including phenoxy) is 1. The van der Waals surface area contributed by atoms with Crippen molar-refractivity contribution in [3.8, 4) is 0 Å². The molecule has 3 aromatic rings. The Kier molecular flexibility index (Phi) is 6.21. The van der Waals surface area contributed by atoms with Crippen molar-refractivity contribution in [2.24, 2.45) is 0 Å². The second-order valence-electron chi connectivity index (χ2n) is 7.94. The van der Waals surface area contributed by atoms with Gasteiger partial charge in [-0.25, -0.2) is 13.4 Å². The molecule has 1 aromatic heterocycles. The standard InChI is InChI=1S/C23H28N4O4S/c1-4-27-22(28)18-9-7-8-17(21(18)25-23(27)26-12-14-31-15-13-26)16(2)24-19-10-5-6-11-20(19)32(3,29)30/h5-11,16,24H,4,12-15H2,1-3H3/t16-/m0/s1. The van der Waals surface area contributed by atoms with E-state index in [1.807, 2.05) is 26.0 Å². The maximum absolute atomic E-state index is 13.3. The molecule has 8 nitrogen and oxygen atoms in total. The lowest BCUT2D eigenvalue weighted by molar-refractivity contribution is 0.121. The van der Waals surface area contributed by atoms with E-state index in [0.29, 0.717) is 55.4 Å². The van der Waals surface area contributed by atoms with Gasteiger partial charge in [0, 0.05) is 31.5 Å². The molecule has 0 aliphatic carbocycles. The van der Waals surface area contributed by atoms with Gasteiger partial charge in [-0.3, -0.25) is 9.36 Å². The zero-order valence-electron chi connectivity index (χ0n) is 18.5. The highest BCUT2D eigenvalue weighted by Crippen LogP contribution is 2.29. The Balaban J connectivity index is 1.82. The zero-order chi connectivity index (χ0) is 22.9. The van der Waals surface area contributed by atoms with E-state index < -0.39 is 9.84 Å². The van der Waals surface area contributed by atoms with Crippen molar-refractivity contribution in [1.82, 2.24) is 9.55 Å². The third-order valence-corrected chi connectivity index (χ3v) is 6.89. The molecule has 1 saturated heterocycles. The molecule has 170 valence electrons. The number of fused-ring (bicyclic) bond motifs is 1. The van der Waals surface area contributed by atoms with Crippen LogP contribution in [-0.2, 0) is 21.1 Å². The van der Waals surface area contributed by atoms with E-state index in [4.69, 9.17) is 9.72 Å². The topological polar surface area (TPSA) is 93.5 Å². The zero-order valence-corrected chi connectivity index (χ0v) is 19.4. The van der Waals surface area contributed by atoms with E-state index in [1.165, 1.54) is 6.26 Å². The van der Waals surface area contributed by atoms with Crippen molar-refractivity contribution in [1.29, 1.82) is 0 Å². The summed E-state index contributed by atoms with van der Waals surface area (Å²) in [6, 6.07) is 12.1. The van der Waals surface area contributed by atoms with Crippen LogP contribution in [0.1, 0.15) is 25.5 Å². The molecule has 1 fully saturated rings. The molecule has 0 saturated carbocycles. The molecule has 1 atom stereocenters. The largest absolute Gasteiger partial charge is 0.378 e. The molecular weight excluding hydrogens is 428 g/mol. The number of nitrogens with zero attached hydrogens (tertiary/aromatic N) is 3. The Morgan fingerprint density at radius 1 is 1.12 bits per heavy atom. The fourth-order valence-corrected chi connectivity index (χ4v) is 4.97. The average Bonchev–Trinajstić information content (AvgIpc) is 2.79. The van der Waals surface area contributed by atoms with Crippen molar-refractivity contribution in [3.05, 3.63) is 58.4 Å². The molecule has 1 aliphatic rings. The molecule has 0 unspecified atom stereocenters. The third-order valence-electron chi connectivity index (χ3n) is 5.73. The van der Waals surface area contributed by atoms with Gasteiger partial charge in [0.25, 0.3) is 5.56 Å². The van der Waals surface area contributed by atoms with Crippen molar-refractivity contribution < 1.29 is 13.2 Å². The summed E-state index contributed by atoms with van der Waals surface area (Å²) in [4.78, 5) is 20.6. The van der Waals surface area contributed by atoms with Gasteiger partial charge < -0.3 is 15.0 Å². The highest BCUT2D eigenvalue weighted by Gasteiger charge is 2.22. The molecule has 32 heavy (non-hydrogen) atoms. The van der Waals surface area contributed by atoms with Crippen LogP contribution in [0.2, 0.25) is 0 Å². The first-order valence-electron chi connectivity index (χ1n) is 10.7. The smallest absolute Gasteiger partial charge is 0.262 e. The van der Waals surface area contributed by atoms with E-state index in [2.05, 4.69) is 10.2 Å². The second kappa shape index (κ2) is 8.91. The van der Waals surface area contributed by atoms with Crippen LogP contribution in [0.3, 0.4) is 0 Å². The molecule has 0 bridgehead atoms. The van der Waals surface area contributed by atoms with Crippen LogP contribution in [0, 0.1) is 0 Å². The number of hydrogen-bond acceptors (Lipinski definition) is 7. The molecule has 0 amide bonds. The summed E-state index contributed by atoms with van der Waals surface area (Å²) in [7, 11) is -3.39. The lowest BCUT2D eigenvalue weighted by Gasteiger charge is -2.30. The Bertz CT molecular complexity index is 1300. The average molecular weight is 457 g/mol. The lowest BCUT2D eigenvalue weighted by atomic mass is 10.0. The van der Waals surface area contributed by atoms with Gasteiger partial charge in [-0.15, -0.1) is 0 Å². The first kappa shape index (κ1) is 22.3. The van der Waals surface area contributed by atoms with Gasteiger partial charge in [-0.05, 0) is 32.0 Å². The summed E-state index contributed by atoms with van der Waals surface area (Å²) in [6.45, 7) is 6.95. The normalized spacial score (nSPS) is 15.7. The Labute approximate surface area is 187 Å². The summed E-state index contributed by atoms with van der Waals surface area (Å²) >= 11 is 0. The molecule has 9 heteroatoms. The molecular formula is C23H28N4O4S. The van der Waals surface area contributed by atoms with Crippen molar-refractivity contribution in [2.45, 2.75) is 31.3 Å². The molecule has 2 heterocycles. The molecule has 0 spiro atoms. The monoisotopic (exact) mass is 456 g/mol. The molecule has 1 N–H and O–H groups in total. The number of rotatable bonds is 6. The number of para-hydroxylation sites is 2. The minimum atomic E-state index is -3.39. The number of nitrogens with one attached hydrogen (secondary N) is 1. The number of sulfone groups is 1. The van der Waals surface area contributed by atoms with Crippen molar-refractivity contribution in [2.75, 3.05) is 42.8 Å². The predicted octanol–water partition coefficient (Wildman–Crippen LogP) is 2.83. The summed E-state index contributed by atoms with van der Waals surface area (Å²) in [6.07, 6.45) is 1.19. The van der Waals surface area contributed by atoms with Crippen LogP contribution in [0.25, 0.3) is 10.9 Å². The van der Waals surface area contributed by atoms with Crippen LogP contribution in [0.15, 0.2) is 52.2 Å². The SMILES string of the molecule is CCn1c(N2CCOCC2)nc2c([C@H](C)Nc3ccccc3S(C)(=O)=O)cccc2c1=O. The van der Waals surface area contributed by atoms with Crippen LogP contribution in [0.5, 0.6) is 0 Å². The second-order valence-corrected chi connectivity index (χ2v) is 9.92. The van der Waals surface area contributed by atoms with Crippen LogP contribution in [-0.4, -0.2) is 50.5 Å². The summed E-state index contributed by atoms with van der Waals surface area (Å²) in [5.41, 5.74) is 1.90. The predicted molar refractivity (Wildman–Crippen MR) is 126 cm³/mol. The Morgan fingerprint density at radius 3 is 2.53 bits per heavy atom. The molecule has 1 aliphatic heterocycles. The van der Waals surface area contributed by atoms with Crippen LogP contribution < -0.4 is 15.8 Å². The quantitative estimate of drug-likeness (QED) is 0.610. The number of morpholine rings is 1. The number of aromatic nitrogens is 2. The molecule has 0 radical (unpaired) electrons. The van der Waals surface area contributed by atoms with Gasteiger partial charge >= 0.3 is 0 Å². The first-order valence-corrected chi connectivity index (χ1v) is 12.6. The lowest BCUT2D eigenvalue weighted by Crippen LogP contribution is -2.40. The minimum Gasteiger partial charge on any atom is -0.378 e. The maximum atomic E-state index is 13.3. The van der Waals surface area contributed by atoms with Gasteiger partial charge in [-0.1, -0.05) is 24.3 Å². The minimum absolute atomic E-state index is 0.0791. The molecule has 2 aromatic carbocycles. The fourth-order valence-electron chi connectivity index (χ4n) is 4.11. The first-order chi connectivity index (χ1) is 15.3. The highest BCUT2D eigenvalue weighted by atomic mass is 32.2. The van der Waals surface area contributed by atoms with E-state index >= 15 is 0 Å². The molecule has 4 rings (SSSR count). The van der Waals surface area contributed by atoms with E-state index in [-0.39, 0.29) is 16.5 Å². The highest BCUT2D eigenvalue weighted by molar-refractivity contribution is 7.90. The van der Waals surface area contributed by atoms with Gasteiger partial charge in [0.15, 0.2) is 9.84 Å². The van der Waals surface area contributed by atoms with Crippen LogP contribution >= 0.6 is 0 Å². The third kappa shape index (κ3) is 4.22. The summed E-state index contributed by atoms with van der Waals surface area (Å²) in [5.74, 6) is 0.643. The van der Waals surface area contributed by atoms with Gasteiger partial charge in [0.2, 0.25) is 5.95 Å². The van der Waals surface area contributed by atoms with Crippen LogP contribution in [0.4, 0.5) is 11.6 Å². The number of anilines is 2. The fraction of sp³-hybridized carbons (Fsp3) is 0.391. The van der Waals surface area contributed by atoms with Gasteiger partial charge in [0.1, 0.15) is 0 Å². The summed E-state index contributed by atoms with van der Waals surface area (Å²) < 4.78 is 31.6. The van der Waals surface area contributed by atoms with E-state index in [9.17, 15) is 13.2 Å². The van der Waals surface area contributed by atoms with Crippen molar-refractivity contribution in [3.63, 3.8) is 0 Å². The van der Waals surface area contributed by atoms with Gasteiger partial charge in [-0.2, -0.15) is 0 Å². The Morgan fingerprint density at radius 2 is 1.84 bits per heavy atom.